The van der Waals surface area contributed by atoms with E-state index in [1.54, 1.807) is 0 Å². The average Bonchev–Trinajstić information content (AvgIpc) is 3.69. The first-order valence-electron chi connectivity index (χ1n) is 17.1. The highest BCUT2D eigenvalue weighted by atomic mass is 16.3. The van der Waals surface area contributed by atoms with E-state index >= 15 is 0 Å². The zero-order valence-corrected chi connectivity index (χ0v) is 27.5. The SMILES string of the molecule is CC1=C(c2cccc3c2oc2ccccc23)NC(c2ccc(-c3cccc4oc5ccccc5c34)cc2)N=C(c2ccc3ccccc3c2)C1. The fourth-order valence-electron chi connectivity index (χ4n) is 7.65. The normalized spacial score (nSPS) is 15.2. The third kappa shape index (κ3) is 4.64. The molecule has 1 unspecified atom stereocenters. The van der Waals surface area contributed by atoms with E-state index in [1.165, 1.54) is 16.3 Å². The number of hydrogen-bond donors (Lipinski definition) is 1. The maximum Gasteiger partial charge on any atom is 0.145 e. The van der Waals surface area contributed by atoms with Gasteiger partial charge < -0.3 is 14.2 Å². The summed E-state index contributed by atoms with van der Waals surface area (Å²) in [6, 6.07) is 53.2. The van der Waals surface area contributed by atoms with Gasteiger partial charge in [-0.3, -0.25) is 4.99 Å². The fourth-order valence-corrected chi connectivity index (χ4v) is 7.65. The summed E-state index contributed by atoms with van der Waals surface area (Å²) < 4.78 is 12.7. The van der Waals surface area contributed by atoms with Gasteiger partial charge in [-0.2, -0.15) is 0 Å². The zero-order chi connectivity index (χ0) is 33.2. The Labute approximate surface area is 289 Å². The Kier molecular flexibility index (Phi) is 6.50. The Balaban J connectivity index is 1.11. The number of para-hydroxylation sites is 3. The van der Waals surface area contributed by atoms with Gasteiger partial charge in [-0.25, -0.2) is 0 Å². The van der Waals surface area contributed by atoms with Crippen molar-refractivity contribution < 1.29 is 8.83 Å². The van der Waals surface area contributed by atoms with E-state index in [4.69, 9.17) is 13.8 Å². The van der Waals surface area contributed by atoms with E-state index < -0.39 is 0 Å². The molecule has 9 aromatic rings. The van der Waals surface area contributed by atoms with Crippen molar-refractivity contribution in [3.63, 3.8) is 0 Å². The smallest absolute Gasteiger partial charge is 0.145 e. The summed E-state index contributed by atoms with van der Waals surface area (Å²) in [5.74, 6) is 0. The first-order chi connectivity index (χ1) is 24.7. The van der Waals surface area contributed by atoms with Crippen molar-refractivity contribution in [1.82, 2.24) is 5.32 Å². The summed E-state index contributed by atoms with van der Waals surface area (Å²) in [5, 5.41) is 10.8. The molecular weight excluding hydrogens is 613 g/mol. The van der Waals surface area contributed by atoms with E-state index in [0.29, 0.717) is 6.42 Å². The molecule has 0 saturated carbocycles. The van der Waals surface area contributed by atoms with Crippen LogP contribution in [0.5, 0.6) is 0 Å². The van der Waals surface area contributed by atoms with Gasteiger partial charge in [-0.1, -0.05) is 121 Å². The third-order valence-corrected chi connectivity index (χ3v) is 10.1. The molecule has 0 spiro atoms. The molecule has 3 heterocycles. The highest BCUT2D eigenvalue weighted by molar-refractivity contribution is 6.13. The first kappa shape index (κ1) is 28.6. The van der Waals surface area contributed by atoms with Gasteiger partial charge in [0.15, 0.2) is 0 Å². The van der Waals surface area contributed by atoms with Crippen molar-refractivity contribution in [2.75, 3.05) is 0 Å². The Morgan fingerprint density at radius 3 is 2.08 bits per heavy atom. The second-order valence-corrected chi connectivity index (χ2v) is 13.2. The van der Waals surface area contributed by atoms with Crippen LogP contribution in [0.1, 0.15) is 36.2 Å². The van der Waals surface area contributed by atoms with Gasteiger partial charge >= 0.3 is 0 Å². The quantitative estimate of drug-likeness (QED) is 0.207. The van der Waals surface area contributed by atoms with Gasteiger partial charge in [-0.05, 0) is 75.9 Å². The summed E-state index contributed by atoms with van der Waals surface area (Å²) in [5.41, 5.74) is 12.4. The van der Waals surface area contributed by atoms with E-state index in [2.05, 4.69) is 134 Å². The maximum atomic E-state index is 6.53. The molecule has 1 atom stereocenters. The minimum absolute atomic E-state index is 0.317. The zero-order valence-electron chi connectivity index (χ0n) is 27.5. The average molecular weight is 645 g/mol. The van der Waals surface area contributed by atoms with Gasteiger partial charge in [0.2, 0.25) is 0 Å². The molecule has 1 N–H and O–H groups in total. The van der Waals surface area contributed by atoms with Crippen LogP contribution < -0.4 is 5.32 Å². The summed E-state index contributed by atoms with van der Waals surface area (Å²) in [4.78, 5) is 5.48. The molecule has 4 nitrogen and oxygen atoms in total. The van der Waals surface area contributed by atoms with Crippen LogP contribution in [0.15, 0.2) is 171 Å². The van der Waals surface area contributed by atoms with Gasteiger partial charge in [0, 0.05) is 44.9 Å². The molecule has 1 aliphatic rings. The van der Waals surface area contributed by atoms with Crippen LogP contribution in [-0.2, 0) is 0 Å². The molecule has 0 amide bonds. The molecule has 10 rings (SSSR count). The van der Waals surface area contributed by atoms with E-state index in [1.807, 2.05) is 30.3 Å². The standard InChI is InChI=1S/C46H32N2O2/c1-28-26-39(33-25-20-29-10-2-3-11-32(29)27-33)47-46(48-44(28)38-16-8-15-36-35-12-4-6-17-40(35)50-45(36)38)31-23-21-30(22-24-31)34-14-9-19-42-43(34)37-13-5-7-18-41(37)49-42/h2-25,27,46,48H,26H2,1H3. The predicted octanol–water partition coefficient (Wildman–Crippen LogP) is 12.2. The molecule has 1 aliphatic heterocycles. The maximum absolute atomic E-state index is 6.53. The number of rotatable bonds is 4. The lowest BCUT2D eigenvalue weighted by Crippen LogP contribution is -2.19. The second-order valence-electron chi connectivity index (χ2n) is 13.2. The molecular formula is C46H32N2O2. The van der Waals surface area contributed by atoms with Crippen molar-refractivity contribution in [3.05, 3.63) is 174 Å². The number of allylic oxidation sites excluding steroid dienone is 1. The van der Waals surface area contributed by atoms with Gasteiger partial charge in [0.05, 0.1) is 0 Å². The first-order valence-corrected chi connectivity index (χ1v) is 17.1. The number of nitrogens with zero attached hydrogens (tertiary/aromatic N) is 1. The molecule has 238 valence electrons. The van der Waals surface area contributed by atoms with Crippen LogP contribution >= 0.6 is 0 Å². The topological polar surface area (TPSA) is 50.7 Å². The third-order valence-electron chi connectivity index (χ3n) is 10.1. The number of benzene rings is 7. The van der Waals surface area contributed by atoms with E-state index in [9.17, 15) is 0 Å². The van der Waals surface area contributed by atoms with Crippen molar-refractivity contribution in [2.24, 2.45) is 4.99 Å². The molecule has 0 bridgehead atoms. The molecule has 50 heavy (non-hydrogen) atoms. The molecule has 2 aromatic heterocycles. The molecule has 0 aliphatic carbocycles. The summed E-state index contributed by atoms with van der Waals surface area (Å²) in [7, 11) is 0. The molecule has 0 radical (unpaired) electrons. The molecule has 0 fully saturated rings. The Morgan fingerprint density at radius 1 is 0.560 bits per heavy atom. The van der Waals surface area contributed by atoms with Crippen LogP contribution in [-0.4, -0.2) is 5.71 Å². The largest absolute Gasteiger partial charge is 0.456 e. The highest BCUT2D eigenvalue weighted by Crippen LogP contribution is 2.39. The van der Waals surface area contributed by atoms with Crippen LogP contribution in [0.3, 0.4) is 0 Å². The van der Waals surface area contributed by atoms with Gasteiger partial charge in [0.1, 0.15) is 28.5 Å². The fraction of sp³-hybridized carbons (Fsp3) is 0.0652. The molecule has 4 heteroatoms. The number of nitrogens with one attached hydrogen (secondary N) is 1. The minimum Gasteiger partial charge on any atom is -0.456 e. The monoisotopic (exact) mass is 644 g/mol. The van der Waals surface area contributed by atoms with Crippen molar-refractivity contribution in [2.45, 2.75) is 19.5 Å². The Hall–Kier alpha value is -6.39. The minimum atomic E-state index is -0.317. The lowest BCUT2D eigenvalue weighted by Gasteiger charge is -2.20. The molecule has 0 saturated heterocycles. The molecule has 7 aromatic carbocycles. The predicted molar refractivity (Wildman–Crippen MR) is 206 cm³/mol. The van der Waals surface area contributed by atoms with Crippen LogP contribution in [0.25, 0.3) is 71.5 Å². The number of fused-ring (bicyclic) bond motifs is 7. The second kappa shape index (κ2) is 11.4. The lowest BCUT2D eigenvalue weighted by atomic mass is 9.97. The number of aliphatic imine (C=N–C) groups is 1. The van der Waals surface area contributed by atoms with Gasteiger partial charge in [-0.15, -0.1) is 0 Å². The summed E-state index contributed by atoms with van der Waals surface area (Å²) >= 11 is 0. The van der Waals surface area contributed by atoms with Gasteiger partial charge in [0.25, 0.3) is 0 Å². The summed E-state index contributed by atoms with van der Waals surface area (Å²) in [6.07, 6.45) is 0.393. The Bertz CT molecular complexity index is 2830. The number of hydrogen-bond acceptors (Lipinski definition) is 4. The summed E-state index contributed by atoms with van der Waals surface area (Å²) in [6.45, 7) is 2.21. The van der Waals surface area contributed by atoms with Crippen molar-refractivity contribution in [3.8, 4) is 11.1 Å². The van der Waals surface area contributed by atoms with Crippen molar-refractivity contribution in [1.29, 1.82) is 0 Å². The van der Waals surface area contributed by atoms with E-state index in [0.717, 1.165) is 83.1 Å². The van der Waals surface area contributed by atoms with Crippen LogP contribution in [0.2, 0.25) is 0 Å². The highest BCUT2D eigenvalue weighted by Gasteiger charge is 2.24. The van der Waals surface area contributed by atoms with Crippen molar-refractivity contribution >= 4 is 66.1 Å². The van der Waals surface area contributed by atoms with Crippen LogP contribution in [0.4, 0.5) is 0 Å². The Morgan fingerprint density at radius 2 is 1.22 bits per heavy atom. The number of furan rings is 2. The van der Waals surface area contributed by atoms with Crippen LogP contribution in [0, 0.1) is 0 Å². The lowest BCUT2D eigenvalue weighted by molar-refractivity contribution is 0.657. The van der Waals surface area contributed by atoms with E-state index in [-0.39, 0.29) is 6.17 Å².